The van der Waals surface area contributed by atoms with Crippen LogP contribution in [0.2, 0.25) is 0 Å². The summed E-state index contributed by atoms with van der Waals surface area (Å²) in [7, 11) is 0. The van der Waals surface area contributed by atoms with Gasteiger partial charge in [-0.25, -0.2) is 4.79 Å². The molecule has 0 spiro atoms. The van der Waals surface area contributed by atoms with Crippen molar-refractivity contribution in [2.24, 2.45) is 0 Å². The van der Waals surface area contributed by atoms with E-state index in [0.717, 1.165) is 6.42 Å². The maximum atomic E-state index is 11.1. The van der Waals surface area contributed by atoms with Crippen LogP contribution in [0.15, 0.2) is 10.7 Å². The third-order valence-corrected chi connectivity index (χ3v) is 1.26. The summed E-state index contributed by atoms with van der Waals surface area (Å²) in [6.07, 6.45) is 2.02. The maximum absolute atomic E-state index is 11.1. The summed E-state index contributed by atoms with van der Waals surface area (Å²) in [5.41, 5.74) is 5.47. The monoisotopic (exact) mass is 170 g/mol. The van der Waals surface area contributed by atoms with E-state index in [1.54, 1.807) is 0 Å². The van der Waals surface area contributed by atoms with Crippen molar-refractivity contribution in [1.82, 2.24) is 5.16 Å². The van der Waals surface area contributed by atoms with Crippen LogP contribution in [0.4, 0.5) is 5.88 Å². The van der Waals surface area contributed by atoms with Gasteiger partial charge in [0.25, 0.3) is 0 Å². The van der Waals surface area contributed by atoms with Crippen LogP contribution in [0.3, 0.4) is 0 Å². The van der Waals surface area contributed by atoms with Gasteiger partial charge < -0.3 is 15.0 Å². The quantitative estimate of drug-likeness (QED) is 0.679. The van der Waals surface area contributed by atoms with Gasteiger partial charge in [0.2, 0.25) is 5.88 Å². The number of hydrogen-bond donors (Lipinski definition) is 1. The Morgan fingerprint density at radius 1 is 1.83 bits per heavy atom. The number of rotatable bonds is 3. The number of ether oxygens (including phenoxy) is 1. The highest BCUT2D eigenvalue weighted by atomic mass is 16.5. The molecule has 12 heavy (non-hydrogen) atoms. The summed E-state index contributed by atoms with van der Waals surface area (Å²) in [5.74, 6) is -0.494. The zero-order valence-corrected chi connectivity index (χ0v) is 6.74. The van der Waals surface area contributed by atoms with E-state index >= 15 is 0 Å². The average Bonchev–Trinajstić information content (AvgIpc) is 2.47. The number of nitrogens with two attached hydrogens (primary N) is 1. The molecule has 0 saturated carbocycles. The summed E-state index contributed by atoms with van der Waals surface area (Å²) in [6.45, 7) is 2.29. The lowest BCUT2D eigenvalue weighted by Gasteiger charge is -1.99. The molecule has 0 saturated heterocycles. The fourth-order valence-corrected chi connectivity index (χ4v) is 0.674. The molecule has 1 aromatic heterocycles. The van der Waals surface area contributed by atoms with Crippen molar-refractivity contribution in [3.8, 4) is 0 Å². The van der Waals surface area contributed by atoms with Crippen molar-refractivity contribution < 1.29 is 14.1 Å². The van der Waals surface area contributed by atoms with Crippen molar-refractivity contribution in [2.75, 3.05) is 12.3 Å². The van der Waals surface area contributed by atoms with Crippen LogP contribution in [0.1, 0.15) is 23.7 Å². The van der Waals surface area contributed by atoms with Crippen molar-refractivity contribution >= 4 is 11.9 Å². The second kappa shape index (κ2) is 3.75. The Hall–Kier alpha value is -1.52. The number of hydrogen-bond acceptors (Lipinski definition) is 5. The summed E-state index contributed by atoms with van der Waals surface area (Å²) < 4.78 is 9.29. The highest BCUT2D eigenvalue weighted by molar-refractivity contribution is 5.93. The molecule has 1 rings (SSSR count). The third-order valence-electron chi connectivity index (χ3n) is 1.26. The molecule has 0 radical (unpaired) electrons. The van der Waals surface area contributed by atoms with Gasteiger partial charge in [-0.3, -0.25) is 0 Å². The lowest BCUT2D eigenvalue weighted by molar-refractivity contribution is 0.0506. The zero-order valence-electron chi connectivity index (χ0n) is 6.74. The van der Waals surface area contributed by atoms with Gasteiger partial charge in [-0.15, -0.1) is 0 Å². The van der Waals surface area contributed by atoms with Gasteiger partial charge in [0.05, 0.1) is 12.8 Å². The van der Waals surface area contributed by atoms with Gasteiger partial charge in [-0.05, 0) is 6.42 Å². The largest absolute Gasteiger partial charge is 0.462 e. The maximum Gasteiger partial charge on any atom is 0.345 e. The van der Waals surface area contributed by atoms with Crippen LogP contribution in [0, 0.1) is 0 Å². The molecule has 0 aromatic carbocycles. The van der Waals surface area contributed by atoms with Gasteiger partial charge in [0.1, 0.15) is 5.56 Å². The Labute approximate surface area is 69.5 Å². The summed E-state index contributed by atoms with van der Waals surface area (Å²) in [6, 6.07) is 0. The van der Waals surface area contributed by atoms with E-state index in [0.29, 0.717) is 6.61 Å². The van der Waals surface area contributed by atoms with Crippen LogP contribution < -0.4 is 5.73 Å². The number of nitrogens with zero attached hydrogens (tertiary/aromatic N) is 1. The molecule has 0 aliphatic rings. The van der Waals surface area contributed by atoms with Gasteiger partial charge in [0.15, 0.2) is 0 Å². The van der Waals surface area contributed by atoms with E-state index in [1.165, 1.54) is 6.20 Å². The first-order chi connectivity index (χ1) is 5.75. The van der Waals surface area contributed by atoms with Crippen molar-refractivity contribution in [3.63, 3.8) is 0 Å². The molecule has 0 unspecified atom stereocenters. The van der Waals surface area contributed by atoms with Crippen LogP contribution in [-0.4, -0.2) is 17.7 Å². The molecule has 0 bridgehead atoms. The van der Waals surface area contributed by atoms with Crippen molar-refractivity contribution in [3.05, 3.63) is 11.8 Å². The normalized spacial score (nSPS) is 9.75. The van der Waals surface area contributed by atoms with Crippen LogP contribution >= 0.6 is 0 Å². The van der Waals surface area contributed by atoms with Gasteiger partial charge in [0, 0.05) is 0 Å². The fourth-order valence-electron chi connectivity index (χ4n) is 0.674. The molecule has 1 aromatic rings. The van der Waals surface area contributed by atoms with Gasteiger partial charge >= 0.3 is 5.97 Å². The standard InChI is InChI=1S/C7H10N2O3/c1-2-3-11-7(10)5-4-9-12-6(5)8/h4H,2-3,8H2,1H3. The summed E-state index contributed by atoms with van der Waals surface area (Å²) >= 11 is 0. The number of carbonyl (C=O) groups excluding carboxylic acids is 1. The molecule has 5 nitrogen and oxygen atoms in total. The molecule has 66 valence electrons. The Kier molecular flexibility index (Phi) is 2.68. The van der Waals surface area contributed by atoms with E-state index < -0.39 is 5.97 Å². The molecule has 0 aliphatic heterocycles. The minimum absolute atomic E-state index is 0.00361. The van der Waals surface area contributed by atoms with Crippen molar-refractivity contribution in [1.29, 1.82) is 0 Å². The van der Waals surface area contributed by atoms with Crippen LogP contribution in [0.5, 0.6) is 0 Å². The first-order valence-corrected chi connectivity index (χ1v) is 3.63. The van der Waals surface area contributed by atoms with Crippen LogP contribution in [-0.2, 0) is 4.74 Å². The van der Waals surface area contributed by atoms with E-state index in [4.69, 9.17) is 10.5 Å². The van der Waals surface area contributed by atoms with E-state index in [9.17, 15) is 4.79 Å². The molecular formula is C7H10N2O3. The lowest BCUT2D eigenvalue weighted by atomic mass is 10.3. The molecular weight excluding hydrogens is 160 g/mol. The molecule has 2 N–H and O–H groups in total. The molecule has 0 amide bonds. The van der Waals surface area contributed by atoms with E-state index in [1.807, 2.05) is 6.92 Å². The minimum atomic E-state index is -0.490. The second-order valence-corrected chi connectivity index (χ2v) is 2.24. The zero-order chi connectivity index (χ0) is 8.97. The number of esters is 1. The Morgan fingerprint density at radius 2 is 2.58 bits per heavy atom. The molecule has 0 fully saturated rings. The lowest BCUT2D eigenvalue weighted by Crippen LogP contribution is -2.06. The summed E-state index contributed by atoms with van der Waals surface area (Å²) in [4.78, 5) is 11.1. The fraction of sp³-hybridized carbons (Fsp3) is 0.429. The van der Waals surface area contributed by atoms with Gasteiger partial charge in [-0.1, -0.05) is 12.1 Å². The van der Waals surface area contributed by atoms with Crippen molar-refractivity contribution in [2.45, 2.75) is 13.3 Å². The average molecular weight is 170 g/mol. The van der Waals surface area contributed by atoms with E-state index in [-0.39, 0.29) is 11.4 Å². The molecule has 0 atom stereocenters. The third kappa shape index (κ3) is 1.75. The highest BCUT2D eigenvalue weighted by Crippen LogP contribution is 2.10. The predicted molar refractivity (Wildman–Crippen MR) is 41.5 cm³/mol. The first-order valence-electron chi connectivity index (χ1n) is 3.63. The predicted octanol–water partition coefficient (Wildman–Crippen LogP) is 0.824. The summed E-state index contributed by atoms with van der Waals surface area (Å²) in [5, 5.41) is 3.35. The number of nitrogen functional groups attached to an aromatic ring is 1. The highest BCUT2D eigenvalue weighted by Gasteiger charge is 2.14. The smallest absolute Gasteiger partial charge is 0.345 e. The molecule has 1 heterocycles. The molecule has 0 aliphatic carbocycles. The number of aromatic nitrogens is 1. The Morgan fingerprint density at radius 3 is 3.08 bits per heavy atom. The molecule has 5 heteroatoms. The second-order valence-electron chi connectivity index (χ2n) is 2.24. The van der Waals surface area contributed by atoms with Gasteiger partial charge in [-0.2, -0.15) is 0 Å². The Bertz CT molecular complexity index is 269. The first kappa shape index (κ1) is 8.58. The topological polar surface area (TPSA) is 78.3 Å². The van der Waals surface area contributed by atoms with E-state index in [2.05, 4.69) is 9.68 Å². The minimum Gasteiger partial charge on any atom is -0.462 e. The van der Waals surface area contributed by atoms with Crippen LogP contribution in [0.25, 0.3) is 0 Å². The Balaban J connectivity index is 2.59. The number of carbonyl (C=O) groups is 1. The number of anilines is 1. The SMILES string of the molecule is CCCOC(=O)c1cnoc1N.